The zero-order valence-corrected chi connectivity index (χ0v) is 9.56. The van der Waals surface area contributed by atoms with Gasteiger partial charge in [-0.3, -0.25) is 4.98 Å². The van der Waals surface area contributed by atoms with Crippen molar-refractivity contribution in [3.05, 3.63) is 42.5 Å². The molecule has 0 saturated heterocycles. The van der Waals surface area contributed by atoms with Gasteiger partial charge >= 0.3 is 0 Å². The van der Waals surface area contributed by atoms with Crippen LogP contribution in [-0.4, -0.2) is 20.1 Å². The van der Waals surface area contributed by atoms with Crippen LogP contribution in [0.5, 0.6) is 0 Å². The molecule has 5 heteroatoms. The fraction of sp³-hybridized carbons (Fsp3) is 0.182. The molecule has 0 aliphatic carbocycles. The third-order valence-corrected chi connectivity index (χ3v) is 2.95. The molecule has 1 unspecified atom stereocenters. The van der Waals surface area contributed by atoms with Gasteiger partial charge in [-0.1, -0.05) is 6.07 Å². The molecule has 2 rings (SSSR count). The van der Waals surface area contributed by atoms with Crippen LogP contribution in [0.4, 0.5) is 0 Å². The molecule has 4 nitrogen and oxygen atoms in total. The van der Waals surface area contributed by atoms with Crippen LogP contribution in [0.25, 0.3) is 0 Å². The molecular formula is C11H11N3OS. The summed E-state index contributed by atoms with van der Waals surface area (Å²) < 4.78 is 0. The minimum Gasteiger partial charge on any atom is -0.389 e. The van der Waals surface area contributed by atoms with E-state index in [0.29, 0.717) is 0 Å². The highest BCUT2D eigenvalue weighted by molar-refractivity contribution is 7.99. The van der Waals surface area contributed by atoms with Crippen molar-refractivity contribution >= 4 is 11.8 Å². The van der Waals surface area contributed by atoms with E-state index >= 15 is 0 Å². The van der Waals surface area contributed by atoms with E-state index in [1.165, 1.54) is 11.8 Å². The third-order valence-electron chi connectivity index (χ3n) is 1.99. The van der Waals surface area contributed by atoms with E-state index in [1.807, 2.05) is 12.1 Å². The van der Waals surface area contributed by atoms with Gasteiger partial charge in [0.1, 0.15) is 10.1 Å². The van der Waals surface area contributed by atoms with Crippen molar-refractivity contribution in [3.63, 3.8) is 0 Å². The van der Waals surface area contributed by atoms with Crippen LogP contribution in [-0.2, 0) is 0 Å². The number of rotatable bonds is 3. The standard InChI is InChI=1S/C11H11N3OS/c1-8(15)9-3-2-4-14-11(9)16-10-7-12-5-6-13-10/h2-8,15H,1H3. The van der Waals surface area contributed by atoms with Crippen LogP contribution in [0.3, 0.4) is 0 Å². The zero-order chi connectivity index (χ0) is 11.4. The average molecular weight is 233 g/mol. The SMILES string of the molecule is CC(O)c1cccnc1Sc1cnccn1. The minimum atomic E-state index is -0.534. The maximum absolute atomic E-state index is 9.59. The van der Waals surface area contributed by atoms with Gasteiger partial charge in [-0.15, -0.1) is 0 Å². The molecule has 16 heavy (non-hydrogen) atoms. The molecule has 2 aromatic rings. The first kappa shape index (κ1) is 11.0. The molecule has 0 aliphatic rings. The third kappa shape index (κ3) is 2.56. The molecule has 0 aliphatic heterocycles. The van der Waals surface area contributed by atoms with Gasteiger partial charge in [0.15, 0.2) is 0 Å². The van der Waals surface area contributed by atoms with E-state index in [0.717, 1.165) is 15.6 Å². The number of pyridine rings is 1. The van der Waals surface area contributed by atoms with Gasteiger partial charge in [-0.05, 0) is 24.8 Å². The van der Waals surface area contributed by atoms with Gasteiger partial charge in [0.25, 0.3) is 0 Å². The number of aliphatic hydroxyl groups is 1. The van der Waals surface area contributed by atoms with Gasteiger partial charge in [0.05, 0.1) is 12.3 Å². The van der Waals surface area contributed by atoms with Crippen LogP contribution < -0.4 is 0 Å². The van der Waals surface area contributed by atoms with E-state index in [1.54, 1.807) is 31.7 Å². The first-order chi connectivity index (χ1) is 7.77. The van der Waals surface area contributed by atoms with Crippen molar-refractivity contribution in [2.75, 3.05) is 0 Å². The van der Waals surface area contributed by atoms with Gasteiger partial charge in [0.2, 0.25) is 0 Å². The Morgan fingerprint density at radius 2 is 2.12 bits per heavy atom. The summed E-state index contributed by atoms with van der Waals surface area (Å²) in [6.07, 6.45) is 6.09. The highest BCUT2D eigenvalue weighted by Crippen LogP contribution is 2.29. The Labute approximate surface area is 97.8 Å². The van der Waals surface area contributed by atoms with Crippen molar-refractivity contribution in [2.24, 2.45) is 0 Å². The predicted molar refractivity (Wildman–Crippen MR) is 61.0 cm³/mol. The summed E-state index contributed by atoms with van der Waals surface area (Å²) in [7, 11) is 0. The highest BCUT2D eigenvalue weighted by atomic mass is 32.2. The second-order valence-electron chi connectivity index (χ2n) is 3.22. The monoisotopic (exact) mass is 233 g/mol. The normalized spacial score (nSPS) is 12.4. The van der Waals surface area contributed by atoms with Crippen molar-refractivity contribution in [2.45, 2.75) is 23.1 Å². The summed E-state index contributed by atoms with van der Waals surface area (Å²) in [5.41, 5.74) is 0.804. The van der Waals surface area contributed by atoms with E-state index < -0.39 is 6.10 Å². The summed E-state index contributed by atoms with van der Waals surface area (Å²) in [6, 6.07) is 3.67. The van der Waals surface area contributed by atoms with Crippen molar-refractivity contribution in [1.29, 1.82) is 0 Å². The molecular weight excluding hydrogens is 222 g/mol. The molecule has 0 saturated carbocycles. The van der Waals surface area contributed by atoms with Crippen LogP contribution in [0, 0.1) is 0 Å². The molecule has 2 aromatic heterocycles. The first-order valence-electron chi connectivity index (χ1n) is 4.84. The Morgan fingerprint density at radius 3 is 2.81 bits per heavy atom. The average Bonchev–Trinajstić information content (AvgIpc) is 2.31. The fourth-order valence-corrected chi connectivity index (χ4v) is 2.14. The highest BCUT2D eigenvalue weighted by Gasteiger charge is 2.10. The molecule has 0 radical (unpaired) electrons. The molecule has 82 valence electrons. The van der Waals surface area contributed by atoms with E-state index in [-0.39, 0.29) is 0 Å². The summed E-state index contributed by atoms with van der Waals surface area (Å²) in [4.78, 5) is 12.4. The number of hydrogen-bond donors (Lipinski definition) is 1. The second kappa shape index (κ2) is 5.05. The topological polar surface area (TPSA) is 58.9 Å². The van der Waals surface area contributed by atoms with Gasteiger partial charge in [-0.25, -0.2) is 9.97 Å². The van der Waals surface area contributed by atoms with E-state index in [2.05, 4.69) is 15.0 Å². The lowest BCUT2D eigenvalue weighted by Crippen LogP contribution is -1.96. The van der Waals surface area contributed by atoms with Gasteiger partial charge in [-0.2, -0.15) is 0 Å². The molecule has 1 N–H and O–H groups in total. The molecule has 2 heterocycles. The summed E-state index contributed by atoms with van der Waals surface area (Å²) >= 11 is 1.40. The lowest BCUT2D eigenvalue weighted by molar-refractivity contribution is 0.195. The van der Waals surface area contributed by atoms with Crippen LogP contribution >= 0.6 is 11.8 Å². The van der Waals surface area contributed by atoms with Crippen molar-refractivity contribution in [1.82, 2.24) is 15.0 Å². The Hall–Kier alpha value is -1.46. The largest absolute Gasteiger partial charge is 0.389 e. The number of aliphatic hydroxyl groups excluding tert-OH is 1. The Balaban J connectivity index is 2.28. The smallest absolute Gasteiger partial charge is 0.121 e. The Morgan fingerprint density at radius 1 is 1.25 bits per heavy atom. The fourth-order valence-electron chi connectivity index (χ4n) is 1.24. The summed E-state index contributed by atoms with van der Waals surface area (Å²) in [5, 5.41) is 11.1. The summed E-state index contributed by atoms with van der Waals surface area (Å²) in [5.74, 6) is 0. The van der Waals surface area contributed by atoms with Crippen molar-refractivity contribution in [3.8, 4) is 0 Å². The van der Waals surface area contributed by atoms with Crippen molar-refractivity contribution < 1.29 is 5.11 Å². The van der Waals surface area contributed by atoms with E-state index in [9.17, 15) is 5.11 Å². The van der Waals surface area contributed by atoms with Crippen LogP contribution in [0.1, 0.15) is 18.6 Å². The predicted octanol–water partition coefficient (Wildman–Crippen LogP) is 2.08. The second-order valence-corrected chi connectivity index (χ2v) is 4.23. The minimum absolute atomic E-state index is 0.534. The molecule has 1 atom stereocenters. The zero-order valence-electron chi connectivity index (χ0n) is 8.74. The molecule has 0 bridgehead atoms. The molecule has 0 fully saturated rings. The maximum Gasteiger partial charge on any atom is 0.121 e. The lowest BCUT2D eigenvalue weighted by Gasteiger charge is -2.09. The van der Waals surface area contributed by atoms with Crippen LogP contribution in [0.2, 0.25) is 0 Å². The number of aromatic nitrogens is 3. The lowest BCUT2D eigenvalue weighted by atomic mass is 10.2. The molecule has 0 aromatic carbocycles. The number of nitrogens with zero attached hydrogens (tertiary/aromatic N) is 3. The van der Waals surface area contributed by atoms with Gasteiger partial charge < -0.3 is 5.11 Å². The van der Waals surface area contributed by atoms with Crippen LogP contribution in [0.15, 0.2) is 47.0 Å². The van der Waals surface area contributed by atoms with E-state index in [4.69, 9.17) is 0 Å². The molecule has 0 amide bonds. The first-order valence-corrected chi connectivity index (χ1v) is 5.66. The Kier molecular flexibility index (Phi) is 3.48. The van der Waals surface area contributed by atoms with Gasteiger partial charge in [0, 0.05) is 24.2 Å². The summed E-state index contributed by atoms with van der Waals surface area (Å²) in [6.45, 7) is 1.72. The molecule has 0 spiro atoms. The Bertz CT molecular complexity index is 462. The maximum atomic E-state index is 9.59. The quantitative estimate of drug-likeness (QED) is 0.879. The number of hydrogen-bond acceptors (Lipinski definition) is 5.